The Bertz CT molecular complexity index is 744. The van der Waals surface area contributed by atoms with E-state index in [1.165, 1.54) is 0 Å². The van der Waals surface area contributed by atoms with E-state index < -0.39 is 0 Å². The Morgan fingerprint density at radius 3 is 2.74 bits per heavy atom. The maximum absolute atomic E-state index is 12.4. The van der Waals surface area contributed by atoms with Crippen LogP contribution in [0.4, 0.5) is 0 Å². The Morgan fingerprint density at radius 1 is 1.22 bits per heavy atom. The summed E-state index contributed by atoms with van der Waals surface area (Å²) >= 11 is 0. The van der Waals surface area contributed by atoms with Crippen molar-refractivity contribution in [1.29, 1.82) is 5.26 Å². The summed E-state index contributed by atoms with van der Waals surface area (Å²) in [6.07, 6.45) is 2.57. The number of ether oxygens (including phenoxy) is 1. The highest BCUT2D eigenvalue weighted by Gasteiger charge is 2.07. The van der Waals surface area contributed by atoms with Gasteiger partial charge in [-0.25, -0.2) is 0 Å². The molecule has 0 unspecified atom stereocenters. The normalized spacial score (nSPS) is 10.5. The van der Waals surface area contributed by atoms with Crippen molar-refractivity contribution in [1.82, 2.24) is 9.47 Å². The molecule has 2 rings (SSSR count). The number of hydrogen-bond acceptors (Lipinski definition) is 4. The molecule has 0 aliphatic carbocycles. The molecule has 1 aromatic carbocycles. The largest absolute Gasteiger partial charge is 0.488 e. The molecule has 0 spiro atoms. The second kappa shape index (κ2) is 8.16. The average molecular weight is 311 g/mol. The van der Waals surface area contributed by atoms with Crippen molar-refractivity contribution in [2.45, 2.75) is 13.0 Å². The first-order valence-electron chi connectivity index (χ1n) is 7.57. The van der Waals surface area contributed by atoms with Gasteiger partial charge in [-0.05, 0) is 44.3 Å². The first-order valence-corrected chi connectivity index (χ1v) is 7.57. The number of nitrogens with zero attached hydrogens (tertiary/aromatic N) is 3. The van der Waals surface area contributed by atoms with Crippen LogP contribution in [-0.4, -0.2) is 36.7 Å². The van der Waals surface area contributed by atoms with Gasteiger partial charge in [-0.3, -0.25) is 4.79 Å². The molecule has 5 heteroatoms. The number of aromatic nitrogens is 1. The van der Waals surface area contributed by atoms with Crippen molar-refractivity contribution in [2.75, 3.05) is 27.2 Å². The van der Waals surface area contributed by atoms with Crippen molar-refractivity contribution in [3.8, 4) is 11.8 Å². The average Bonchev–Trinajstić information content (AvgIpc) is 2.55. The third-order valence-corrected chi connectivity index (χ3v) is 3.47. The van der Waals surface area contributed by atoms with Gasteiger partial charge in [0.15, 0.2) is 5.75 Å². The van der Waals surface area contributed by atoms with Gasteiger partial charge in [-0.1, -0.05) is 18.2 Å². The lowest BCUT2D eigenvalue weighted by Crippen LogP contribution is -2.23. The van der Waals surface area contributed by atoms with Crippen LogP contribution >= 0.6 is 0 Å². The molecule has 0 saturated carbocycles. The van der Waals surface area contributed by atoms with Gasteiger partial charge in [0, 0.05) is 12.7 Å². The first-order chi connectivity index (χ1) is 11.1. The molecule has 0 atom stereocenters. The van der Waals surface area contributed by atoms with Gasteiger partial charge in [0.05, 0.1) is 24.8 Å². The molecule has 0 aliphatic heterocycles. The Balaban J connectivity index is 2.11. The van der Waals surface area contributed by atoms with Crippen molar-refractivity contribution < 1.29 is 4.74 Å². The van der Waals surface area contributed by atoms with Crippen LogP contribution in [0.5, 0.6) is 5.75 Å². The maximum atomic E-state index is 12.4. The zero-order valence-electron chi connectivity index (χ0n) is 13.5. The highest BCUT2D eigenvalue weighted by Crippen LogP contribution is 2.10. The van der Waals surface area contributed by atoms with E-state index >= 15 is 0 Å². The number of rotatable bonds is 7. The van der Waals surface area contributed by atoms with Crippen LogP contribution in [0.25, 0.3) is 0 Å². The van der Waals surface area contributed by atoms with Gasteiger partial charge in [-0.2, -0.15) is 5.26 Å². The lowest BCUT2D eigenvalue weighted by molar-refractivity contribution is 0.277. The van der Waals surface area contributed by atoms with Crippen LogP contribution in [0.3, 0.4) is 0 Å². The zero-order valence-corrected chi connectivity index (χ0v) is 13.5. The maximum Gasteiger partial charge on any atom is 0.293 e. The lowest BCUT2D eigenvalue weighted by Gasteiger charge is -2.12. The van der Waals surface area contributed by atoms with Gasteiger partial charge >= 0.3 is 0 Å². The molecule has 5 nitrogen and oxygen atoms in total. The number of nitriles is 1. The molecule has 23 heavy (non-hydrogen) atoms. The molecule has 0 radical (unpaired) electrons. The van der Waals surface area contributed by atoms with Crippen molar-refractivity contribution in [3.63, 3.8) is 0 Å². The molecule has 1 aromatic heterocycles. The van der Waals surface area contributed by atoms with E-state index in [0.717, 1.165) is 18.5 Å². The van der Waals surface area contributed by atoms with E-state index in [1.54, 1.807) is 29.0 Å². The minimum atomic E-state index is -0.176. The topological polar surface area (TPSA) is 58.3 Å². The summed E-state index contributed by atoms with van der Waals surface area (Å²) in [5.41, 5.74) is 1.23. The monoisotopic (exact) mass is 311 g/mol. The molecule has 2 aromatic rings. The molecule has 0 fully saturated rings. The van der Waals surface area contributed by atoms with Crippen molar-refractivity contribution >= 4 is 0 Å². The molecule has 0 N–H and O–H groups in total. The molecular formula is C18H21N3O2. The van der Waals surface area contributed by atoms with Crippen LogP contribution < -0.4 is 10.3 Å². The molecule has 0 saturated heterocycles. The molecular weight excluding hydrogens is 290 g/mol. The number of pyridine rings is 1. The van der Waals surface area contributed by atoms with Gasteiger partial charge in [0.25, 0.3) is 5.56 Å². The summed E-state index contributed by atoms with van der Waals surface area (Å²) in [7, 11) is 4.00. The quantitative estimate of drug-likeness (QED) is 0.735. The van der Waals surface area contributed by atoms with Crippen molar-refractivity contribution in [3.05, 3.63) is 64.1 Å². The summed E-state index contributed by atoms with van der Waals surface area (Å²) in [6, 6.07) is 12.9. The fraction of sp³-hybridized carbons (Fsp3) is 0.333. The van der Waals surface area contributed by atoms with Crippen LogP contribution in [0.1, 0.15) is 17.5 Å². The number of hydrogen-bond donors (Lipinski definition) is 0. The number of benzene rings is 1. The Labute approximate surface area is 136 Å². The van der Waals surface area contributed by atoms with Crippen LogP contribution in [0.2, 0.25) is 0 Å². The third-order valence-electron chi connectivity index (χ3n) is 3.47. The molecule has 0 amide bonds. The van der Waals surface area contributed by atoms with Crippen molar-refractivity contribution in [2.24, 2.45) is 0 Å². The van der Waals surface area contributed by atoms with E-state index in [4.69, 9.17) is 10.00 Å². The molecule has 1 heterocycles. The third kappa shape index (κ3) is 4.70. The van der Waals surface area contributed by atoms with Gasteiger partial charge < -0.3 is 14.2 Å². The standard InChI is InChI=1S/C18H21N3O2/c1-20(2)10-6-12-23-17-9-5-11-21(18(17)22)14-16-8-4-3-7-15(16)13-19/h3-5,7-9,11H,6,10,12,14H2,1-2H3. The Morgan fingerprint density at radius 2 is 2.00 bits per heavy atom. The zero-order chi connectivity index (χ0) is 16.7. The fourth-order valence-electron chi connectivity index (χ4n) is 2.26. The van der Waals surface area contributed by atoms with Gasteiger partial charge in [0.2, 0.25) is 0 Å². The van der Waals surface area contributed by atoms with Crippen LogP contribution in [-0.2, 0) is 6.54 Å². The lowest BCUT2D eigenvalue weighted by atomic mass is 10.1. The highest BCUT2D eigenvalue weighted by molar-refractivity contribution is 5.37. The Hall–Kier alpha value is -2.58. The van der Waals surface area contributed by atoms with Crippen LogP contribution in [0, 0.1) is 11.3 Å². The second-order valence-corrected chi connectivity index (χ2v) is 5.58. The minimum absolute atomic E-state index is 0.176. The predicted molar refractivity (Wildman–Crippen MR) is 89.6 cm³/mol. The first kappa shape index (κ1) is 16.8. The van der Waals surface area contributed by atoms with E-state index in [2.05, 4.69) is 11.0 Å². The smallest absolute Gasteiger partial charge is 0.293 e. The van der Waals surface area contributed by atoms with E-state index in [1.807, 2.05) is 32.3 Å². The summed E-state index contributed by atoms with van der Waals surface area (Å²) in [6.45, 7) is 1.78. The Kier molecular flexibility index (Phi) is 5.95. The van der Waals surface area contributed by atoms with E-state index in [9.17, 15) is 4.79 Å². The predicted octanol–water partition coefficient (Wildman–Crippen LogP) is 2.10. The van der Waals surface area contributed by atoms with Crippen LogP contribution in [0.15, 0.2) is 47.4 Å². The summed E-state index contributed by atoms with van der Waals surface area (Å²) < 4.78 is 7.16. The minimum Gasteiger partial charge on any atom is -0.488 e. The molecule has 0 aliphatic rings. The van der Waals surface area contributed by atoms with Gasteiger partial charge in [0.1, 0.15) is 0 Å². The van der Waals surface area contributed by atoms with Gasteiger partial charge in [-0.15, -0.1) is 0 Å². The summed E-state index contributed by atoms with van der Waals surface area (Å²) in [5.74, 6) is 0.348. The molecule has 0 bridgehead atoms. The van der Waals surface area contributed by atoms with E-state index in [0.29, 0.717) is 24.5 Å². The summed E-state index contributed by atoms with van der Waals surface area (Å²) in [4.78, 5) is 14.5. The van der Waals surface area contributed by atoms with E-state index in [-0.39, 0.29) is 5.56 Å². The second-order valence-electron chi connectivity index (χ2n) is 5.58. The summed E-state index contributed by atoms with van der Waals surface area (Å²) in [5, 5.41) is 9.14. The SMILES string of the molecule is CN(C)CCCOc1cccn(Cc2ccccc2C#N)c1=O. The highest BCUT2D eigenvalue weighted by atomic mass is 16.5. The molecule has 120 valence electrons. The fourth-order valence-corrected chi connectivity index (χ4v) is 2.26.